The van der Waals surface area contributed by atoms with E-state index >= 15 is 0 Å². The summed E-state index contributed by atoms with van der Waals surface area (Å²) >= 11 is 0. The zero-order valence-corrected chi connectivity index (χ0v) is 11.9. The van der Waals surface area contributed by atoms with Gasteiger partial charge in [-0.05, 0) is 39.3 Å². The van der Waals surface area contributed by atoms with E-state index in [2.05, 4.69) is 18.9 Å². The van der Waals surface area contributed by atoms with Crippen LogP contribution in [0.25, 0.3) is 0 Å². The number of carbonyl (C=O) groups excluding carboxylic acids is 1. The average molecular weight is 260 g/mol. The number of hydrogen-bond donors (Lipinski definition) is 0. The first-order chi connectivity index (χ1) is 9.01. The number of hydrogen-bond acceptors (Lipinski definition) is 3. The standard InChI is InChI=1S/C15H20N2O2/c1-5-10(2)17-7-6-13(16-17)9-15(18)14-8-11(3)19-12(14)4/h6-8,10H,5,9H2,1-4H3. The molecule has 0 radical (unpaired) electrons. The van der Waals surface area contributed by atoms with E-state index in [0.717, 1.165) is 17.9 Å². The lowest BCUT2D eigenvalue weighted by Gasteiger charge is -2.07. The molecule has 4 heteroatoms. The van der Waals surface area contributed by atoms with Gasteiger partial charge in [0, 0.05) is 12.2 Å². The molecule has 0 amide bonds. The van der Waals surface area contributed by atoms with Crippen LogP contribution in [0.15, 0.2) is 22.7 Å². The summed E-state index contributed by atoms with van der Waals surface area (Å²) < 4.78 is 7.30. The smallest absolute Gasteiger partial charge is 0.172 e. The van der Waals surface area contributed by atoms with Crippen molar-refractivity contribution in [1.29, 1.82) is 0 Å². The van der Waals surface area contributed by atoms with E-state index in [1.807, 2.05) is 30.8 Å². The van der Waals surface area contributed by atoms with Gasteiger partial charge in [0.15, 0.2) is 5.78 Å². The van der Waals surface area contributed by atoms with Gasteiger partial charge in [-0.1, -0.05) is 6.92 Å². The third-order valence-electron chi connectivity index (χ3n) is 3.39. The molecule has 0 aliphatic heterocycles. The second kappa shape index (κ2) is 5.43. The van der Waals surface area contributed by atoms with Crippen molar-refractivity contribution in [1.82, 2.24) is 9.78 Å². The molecule has 0 aliphatic rings. The number of rotatable bonds is 5. The van der Waals surface area contributed by atoms with Crippen molar-refractivity contribution in [3.8, 4) is 0 Å². The molecule has 19 heavy (non-hydrogen) atoms. The van der Waals surface area contributed by atoms with E-state index in [1.165, 1.54) is 0 Å². The normalized spacial score (nSPS) is 12.6. The molecule has 1 atom stereocenters. The Morgan fingerprint density at radius 3 is 2.79 bits per heavy atom. The van der Waals surface area contributed by atoms with Crippen molar-refractivity contribution in [2.24, 2.45) is 0 Å². The van der Waals surface area contributed by atoms with Crippen LogP contribution in [0, 0.1) is 13.8 Å². The van der Waals surface area contributed by atoms with Gasteiger partial charge < -0.3 is 4.42 Å². The molecule has 0 bridgehead atoms. The predicted octanol–water partition coefficient (Wildman–Crippen LogP) is 3.49. The lowest BCUT2D eigenvalue weighted by Crippen LogP contribution is -2.08. The van der Waals surface area contributed by atoms with Crippen LogP contribution >= 0.6 is 0 Å². The molecule has 2 aromatic heterocycles. The maximum Gasteiger partial charge on any atom is 0.172 e. The Balaban J connectivity index is 2.11. The van der Waals surface area contributed by atoms with Gasteiger partial charge in [0.2, 0.25) is 0 Å². The minimum absolute atomic E-state index is 0.0590. The van der Waals surface area contributed by atoms with Gasteiger partial charge in [0.1, 0.15) is 11.5 Å². The summed E-state index contributed by atoms with van der Waals surface area (Å²) in [6.45, 7) is 7.90. The number of aromatic nitrogens is 2. The van der Waals surface area contributed by atoms with E-state index in [4.69, 9.17) is 4.42 Å². The minimum atomic E-state index is 0.0590. The fraction of sp³-hybridized carbons (Fsp3) is 0.467. The quantitative estimate of drug-likeness (QED) is 0.773. The summed E-state index contributed by atoms with van der Waals surface area (Å²) in [6, 6.07) is 4.07. The molecule has 0 fully saturated rings. The van der Waals surface area contributed by atoms with E-state index in [-0.39, 0.29) is 5.78 Å². The molecule has 1 unspecified atom stereocenters. The summed E-state index contributed by atoms with van der Waals surface area (Å²) in [5.74, 6) is 1.51. The summed E-state index contributed by atoms with van der Waals surface area (Å²) in [7, 11) is 0. The van der Waals surface area contributed by atoms with Crippen molar-refractivity contribution in [3.63, 3.8) is 0 Å². The number of aryl methyl sites for hydroxylation is 2. The first kappa shape index (κ1) is 13.6. The summed E-state index contributed by atoms with van der Waals surface area (Å²) in [5.41, 5.74) is 1.47. The van der Waals surface area contributed by atoms with Crippen molar-refractivity contribution in [2.75, 3.05) is 0 Å². The number of ketones is 1. The predicted molar refractivity (Wildman–Crippen MR) is 73.4 cm³/mol. The Hall–Kier alpha value is -1.84. The van der Waals surface area contributed by atoms with Crippen LogP contribution < -0.4 is 0 Å². The highest BCUT2D eigenvalue weighted by Crippen LogP contribution is 2.16. The Bertz CT molecular complexity index is 581. The summed E-state index contributed by atoms with van der Waals surface area (Å²) in [6.07, 6.45) is 3.28. The van der Waals surface area contributed by atoms with Gasteiger partial charge in [-0.2, -0.15) is 5.10 Å². The van der Waals surface area contributed by atoms with E-state index in [1.54, 1.807) is 6.07 Å². The maximum absolute atomic E-state index is 12.2. The molecule has 2 aromatic rings. The van der Waals surface area contributed by atoms with Gasteiger partial charge in [0.05, 0.1) is 17.7 Å². The highest BCUT2D eigenvalue weighted by atomic mass is 16.3. The minimum Gasteiger partial charge on any atom is -0.466 e. The topological polar surface area (TPSA) is 48.0 Å². The maximum atomic E-state index is 12.2. The first-order valence-corrected chi connectivity index (χ1v) is 6.65. The highest BCUT2D eigenvalue weighted by molar-refractivity contribution is 5.98. The van der Waals surface area contributed by atoms with Crippen molar-refractivity contribution < 1.29 is 9.21 Å². The molecular weight excluding hydrogens is 240 g/mol. The van der Waals surface area contributed by atoms with Crippen LogP contribution in [0.3, 0.4) is 0 Å². The monoisotopic (exact) mass is 260 g/mol. The second-order valence-corrected chi connectivity index (χ2v) is 4.97. The number of nitrogens with zero attached hydrogens (tertiary/aromatic N) is 2. The molecule has 0 N–H and O–H groups in total. The van der Waals surface area contributed by atoms with Gasteiger partial charge in [-0.15, -0.1) is 0 Å². The molecule has 0 aliphatic carbocycles. The number of furan rings is 1. The summed E-state index contributed by atoms with van der Waals surface area (Å²) in [4.78, 5) is 12.2. The van der Waals surface area contributed by atoms with Crippen LogP contribution in [0.5, 0.6) is 0 Å². The van der Waals surface area contributed by atoms with Gasteiger partial charge in [-0.3, -0.25) is 9.48 Å². The van der Waals surface area contributed by atoms with Crippen LogP contribution in [-0.2, 0) is 6.42 Å². The third-order valence-corrected chi connectivity index (χ3v) is 3.39. The summed E-state index contributed by atoms with van der Waals surface area (Å²) in [5, 5.41) is 4.45. The molecule has 4 nitrogen and oxygen atoms in total. The van der Waals surface area contributed by atoms with Crippen molar-refractivity contribution in [3.05, 3.63) is 41.1 Å². The van der Waals surface area contributed by atoms with Gasteiger partial charge in [-0.25, -0.2) is 0 Å². The number of Topliss-reactive ketones (excluding diaryl/α,β-unsaturated/α-hetero) is 1. The van der Waals surface area contributed by atoms with E-state index in [0.29, 0.717) is 23.8 Å². The van der Waals surface area contributed by atoms with E-state index in [9.17, 15) is 4.79 Å². The van der Waals surface area contributed by atoms with Crippen molar-refractivity contribution >= 4 is 5.78 Å². The lowest BCUT2D eigenvalue weighted by molar-refractivity contribution is 0.0990. The van der Waals surface area contributed by atoms with Crippen LogP contribution in [-0.4, -0.2) is 15.6 Å². The lowest BCUT2D eigenvalue weighted by atomic mass is 10.1. The SMILES string of the molecule is CCC(C)n1ccc(CC(=O)c2cc(C)oc2C)n1. The Labute approximate surface area is 113 Å². The zero-order chi connectivity index (χ0) is 14.0. The van der Waals surface area contributed by atoms with Crippen LogP contribution in [0.2, 0.25) is 0 Å². The van der Waals surface area contributed by atoms with Gasteiger partial charge >= 0.3 is 0 Å². The largest absolute Gasteiger partial charge is 0.466 e. The molecule has 0 saturated carbocycles. The van der Waals surface area contributed by atoms with Gasteiger partial charge in [0.25, 0.3) is 0 Å². The Morgan fingerprint density at radius 1 is 1.47 bits per heavy atom. The van der Waals surface area contributed by atoms with Crippen LogP contribution in [0.4, 0.5) is 0 Å². The molecule has 0 saturated heterocycles. The molecule has 2 rings (SSSR count). The molecule has 0 aromatic carbocycles. The highest BCUT2D eigenvalue weighted by Gasteiger charge is 2.15. The van der Waals surface area contributed by atoms with Crippen LogP contribution in [0.1, 0.15) is 53.9 Å². The molecular formula is C15H20N2O2. The van der Waals surface area contributed by atoms with E-state index < -0.39 is 0 Å². The zero-order valence-electron chi connectivity index (χ0n) is 11.9. The first-order valence-electron chi connectivity index (χ1n) is 6.65. The number of carbonyl (C=O) groups is 1. The van der Waals surface area contributed by atoms with Crippen molar-refractivity contribution in [2.45, 2.75) is 46.6 Å². The average Bonchev–Trinajstić information content (AvgIpc) is 2.95. The molecule has 0 spiro atoms. The third kappa shape index (κ3) is 2.95. The fourth-order valence-corrected chi connectivity index (χ4v) is 2.07. The second-order valence-electron chi connectivity index (χ2n) is 4.97. The molecule has 102 valence electrons. The fourth-order valence-electron chi connectivity index (χ4n) is 2.07. The Kier molecular flexibility index (Phi) is 3.88. The molecule has 2 heterocycles. The Morgan fingerprint density at radius 2 is 2.21 bits per heavy atom.